The topological polar surface area (TPSA) is 61.8 Å². The van der Waals surface area contributed by atoms with Crippen LogP contribution in [0.25, 0.3) is 0 Å². The van der Waals surface area contributed by atoms with Gasteiger partial charge in [-0.3, -0.25) is 9.69 Å². The van der Waals surface area contributed by atoms with Crippen LogP contribution in [-0.2, 0) is 4.74 Å². The Morgan fingerprint density at radius 1 is 1.50 bits per heavy atom. The van der Waals surface area contributed by atoms with Gasteiger partial charge in [0.25, 0.3) is 5.91 Å². The zero-order chi connectivity index (χ0) is 14.5. The minimum atomic E-state index is -0.173. The van der Waals surface area contributed by atoms with Gasteiger partial charge in [-0.25, -0.2) is 0 Å². The molecule has 1 aromatic carbocycles. The summed E-state index contributed by atoms with van der Waals surface area (Å²) in [6.45, 7) is 6.09. The summed E-state index contributed by atoms with van der Waals surface area (Å²) in [5.74, 6) is -0.105. The van der Waals surface area contributed by atoms with E-state index in [1.54, 1.807) is 12.1 Å². The first-order valence-electron chi connectivity index (χ1n) is 6.66. The number of ether oxygens (including phenoxy) is 1. The van der Waals surface area contributed by atoms with Gasteiger partial charge in [-0.05, 0) is 41.1 Å². The second kappa shape index (κ2) is 7.06. The number of carbonyl (C=O) groups is 1. The predicted octanol–water partition coefficient (Wildman–Crippen LogP) is 1.61. The van der Waals surface area contributed by atoms with Gasteiger partial charge >= 0.3 is 0 Å². The van der Waals surface area contributed by atoms with Crippen LogP contribution in [0.1, 0.15) is 17.3 Å². The van der Waals surface area contributed by atoms with Crippen LogP contribution in [0, 0.1) is 0 Å². The third-order valence-corrected chi connectivity index (χ3v) is 3.89. The minimum Gasteiger partial charge on any atom is -0.507 e. The van der Waals surface area contributed by atoms with E-state index in [1.165, 1.54) is 6.07 Å². The van der Waals surface area contributed by atoms with Gasteiger partial charge in [-0.2, -0.15) is 0 Å². The molecule has 1 unspecified atom stereocenters. The Balaban J connectivity index is 1.87. The summed E-state index contributed by atoms with van der Waals surface area (Å²) in [5.41, 5.74) is 0.458. The number of halogens is 1. The molecule has 0 aliphatic carbocycles. The average Bonchev–Trinajstić information content (AvgIpc) is 2.42. The summed E-state index contributed by atoms with van der Waals surface area (Å²) in [5, 5.41) is 12.5. The molecule has 0 bridgehead atoms. The van der Waals surface area contributed by atoms with Crippen molar-refractivity contribution in [3.63, 3.8) is 0 Å². The highest BCUT2D eigenvalue weighted by atomic mass is 79.9. The largest absolute Gasteiger partial charge is 0.507 e. The molecule has 2 N–H and O–H groups in total. The Bertz CT molecular complexity index is 475. The maximum Gasteiger partial charge on any atom is 0.251 e. The Labute approximate surface area is 127 Å². The van der Waals surface area contributed by atoms with Crippen LogP contribution < -0.4 is 5.32 Å². The number of nitrogens with zero attached hydrogens (tertiary/aromatic N) is 1. The van der Waals surface area contributed by atoms with Gasteiger partial charge < -0.3 is 15.2 Å². The predicted molar refractivity (Wildman–Crippen MR) is 80.0 cm³/mol. The molecule has 110 valence electrons. The Hall–Kier alpha value is -1.11. The number of morpholine rings is 1. The highest BCUT2D eigenvalue weighted by Crippen LogP contribution is 2.24. The van der Waals surface area contributed by atoms with Crippen LogP contribution in [0.15, 0.2) is 22.7 Å². The van der Waals surface area contributed by atoms with Gasteiger partial charge in [0.2, 0.25) is 0 Å². The lowest BCUT2D eigenvalue weighted by Crippen LogP contribution is -2.46. The molecule has 0 radical (unpaired) electrons. The fraction of sp³-hybridized carbons (Fsp3) is 0.500. The smallest absolute Gasteiger partial charge is 0.251 e. The van der Waals surface area contributed by atoms with Gasteiger partial charge in [-0.1, -0.05) is 0 Å². The molecule has 1 saturated heterocycles. The van der Waals surface area contributed by atoms with Crippen LogP contribution >= 0.6 is 15.9 Å². The molecule has 2 rings (SSSR count). The SMILES string of the molecule is CC(CN1CCOCC1)NC(=O)c1ccc(Br)c(O)c1. The van der Waals surface area contributed by atoms with Gasteiger partial charge in [0.05, 0.1) is 17.7 Å². The molecule has 1 atom stereocenters. The molecule has 1 fully saturated rings. The van der Waals surface area contributed by atoms with Gasteiger partial charge in [0.15, 0.2) is 0 Å². The summed E-state index contributed by atoms with van der Waals surface area (Å²) in [7, 11) is 0. The van der Waals surface area contributed by atoms with Crippen LogP contribution in [0.3, 0.4) is 0 Å². The number of hydrogen-bond acceptors (Lipinski definition) is 4. The average molecular weight is 343 g/mol. The highest BCUT2D eigenvalue weighted by Gasteiger charge is 2.16. The van der Waals surface area contributed by atoms with Crippen molar-refractivity contribution in [1.29, 1.82) is 0 Å². The zero-order valence-corrected chi connectivity index (χ0v) is 13.0. The number of aromatic hydroxyl groups is 1. The molecule has 0 spiro atoms. The van der Waals surface area contributed by atoms with Gasteiger partial charge in [-0.15, -0.1) is 0 Å². The summed E-state index contributed by atoms with van der Waals surface area (Å²) in [4.78, 5) is 14.4. The number of rotatable bonds is 4. The van der Waals surface area contributed by atoms with Gasteiger partial charge in [0.1, 0.15) is 5.75 Å². The van der Waals surface area contributed by atoms with Crippen LogP contribution in [0.2, 0.25) is 0 Å². The van der Waals surface area contributed by atoms with E-state index in [0.717, 1.165) is 32.8 Å². The molecule has 0 saturated carbocycles. The molecule has 1 aromatic rings. The molecule has 5 nitrogen and oxygen atoms in total. The summed E-state index contributed by atoms with van der Waals surface area (Å²) >= 11 is 3.19. The monoisotopic (exact) mass is 342 g/mol. The van der Waals surface area contributed by atoms with Crippen molar-refractivity contribution in [2.24, 2.45) is 0 Å². The van der Waals surface area contributed by atoms with E-state index in [4.69, 9.17) is 4.74 Å². The van der Waals surface area contributed by atoms with Crippen molar-refractivity contribution in [3.05, 3.63) is 28.2 Å². The Kier molecular flexibility index (Phi) is 5.39. The fourth-order valence-corrected chi connectivity index (χ4v) is 2.42. The Morgan fingerprint density at radius 2 is 2.20 bits per heavy atom. The maximum atomic E-state index is 12.1. The van der Waals surface area contributed by atoms with Crippen molar-refractivity contribution in [2.75, 3.05) is 32.8 Å². The van der Waals surface area contributed by atoms with E-state index in [9.17, 15) is 9.90 Å². The van der Waals surface area contributed by atoms with E-state index in [-0.39, 0.29) is 17.7 Å². The lowest BCUT2D eigenvalue weighted by Gasteiger charge is -2.29. The second-order valence-electron chi connectivity index (χ2n) is 4.95. The third-order valence-electron chi connectivity index (χ3n) is 3.22. The number of hydrogen-bond donors (Lipinski definition) is 2. The lowest BCUT2D eigenvalue weighted by atomic mass is 10.2. The standard InChI is InChI=1S/C14H19BrN2O3/c1-10(9-17-4-6-20-7-5-17)16-14(19)11-2-3-12(15)13(18)8-11/h2-3,8,10,18H,4-7,9H2,1H3,(H,16,19). The van der Waals surface area contributed by atoms with Crippen molar-refractivity contribution >= 4 is 21.8 Å². The number of amides is 1. The van der Waals surface area contributed by atoms with Crippen LogP contribution in [0.4, 0.5) is 0 Å². The second-order valence-corrected chi connectivity index (χ2v) is 5.81. The number of benzene rings is 1. The fourth-order valence-electron chi connectivity index (χ4n) is 2.18. The molecule has 1 amide bonds. The Morgan fingerprint density at radius 3 is 2.85 bits per heavy atom. The van der Waals surface area contributed by atoms with Gasteiger partial charge in [0, 0.05) is 31.2 Å². The van der Waals surface area contributed by atoms with E-state index in [0.29, 0.717) is 10.0 Å². The lowest BCUT2D eigenvalue weighted by molar-refractivity contribution is 0.0342. The minimum absolute atomic E-state index is 0.0476. The molecule has 1 aliphatic rings. The number of phenols is 1. The first-order chi connectivity index (χ1) is 9.56. The number of nitrogens with one attached hydrogen (secondary N) is 1. The molecule has 20 heavy (non-hydrogen) atoms. The van der Waals surface area contributed by atoms with E-state index >= 15 is 0 Å². The summed E-state index contributed by atoms with van der Waals surface area (Å²) in [6, 6.07) is 4.85. The molecule has 0 aromatic heterocycles. The number of phenolic OH excluding ortho intramolecular Hbond substituents is 1. The highest BCUT2D eigenvalue weighted by molar-refractivity contribution is 9.10. The molecular weight excluding hydrogens is 324 g/mol. The summed E-state index contributed by atoms with van der Waals surface area (Å²) < 4.78 is 5.87. The van der Waals surface area contributed by atoms with Crippen LogP contribution in [-0.4, -0.2) is 54.8 Å². The van der Waals surface area contributed by atoms with Crippen molar-refractivity contribution in [2.45, 2.75) is 13.0 Å². The quantitative estimate of drug-likeness (QED) is 0.872. The van der Waals surface area contributed by atoms with E-state index < -0.39 is 0 Å². The molecular formula is C14H19BrN2O3. The molecule has 1 heterocycles. The van der Waals surface area contributed by atoms with Crippen molar-refractivity contribution in [1.82, 2.24) is 10.2 Å². The van der Waals surface area contributed by atoms with Crippen molar-refractivity contribution < 1.29 is 14.6 Å². The molecule has 6 heteroatoms. The first-order valence-corrected chi connectivity index (χ1v) is 7.45. The zero-order valence-electron chi connectivity index (χ0n) is 11.4. The first kappa shape index (κ1) is 15.3. The maximum absolute atomic E-state index is 12.1. The van der Waals surface area contributed by atoms with Crippen LogP contribution in [0.5, 0.6) is 5.75 Å². The normalized spacial score (nSPS) is 17.7. The molecule has 1 aliphatic heterocycles. The van der Waals surface area contributed by atoms with Crippen molar-refractivity contribution in [3.8, 4) is 5.75 Å². The van der Waals surface area contributed by atoms with E-state index in [2.05, 4.69) is 26.1 Å². The number of carbonyl (C=O) groups excluding carboxylic acids is 1. The third kappa shape index (κ3) is 4.19. The summed E-state index contributed by atoms with van der Waals surface area (Å²) in [6.07, 6.45) is 0. The van der Waals surface area contributed by atoms with E-state index in [1.807, 2.05) is 6.92 Å².